The van der Waals surface area contributed by atoms with Crippen molar-refractivity contribution in [1.29, 1.82) is 0 Å². The van der Waals surface area contributed by atoms with Crippen LogP contribution in [0.5, 0.6) is 0 Å². The van der Waals surface area contributed by atoms with Crippen LogP contribution in [-0.2, 0) is 9.53 Å². The zero-order valence-electron chi connectivity index (χ0n) is 10.8. The fourth-order valence-corrected chi connectivity index (χ4v) is 2.13. The van der Waals surface area contributed by atoms with Gasteiger partial charge in [0, 0.05) is 26.3 Å². The molecule has 1 saturated heterocycles. The molecule has 4 nitrogen and oxygen atoms in total. The molecule has 1 atom stereocenters. The van der Waals surface area contributed by atoms with E-state index in [-0.39, 0.29) is 11.3 Å². The smallest absolute Gasteiger partial charge is 0.227 e. The van der Waals surface area contributed by atoms with Gasteiger partial charge in [0.25, 0.3) is 0 Å². The predicted octanol–water partition coefficient (Wildman–Crippen LogP) is 0.919. The third kappa shape index (κ3) is 3.96. The van der Waals surface area contributed by atoms with Crippen molar-refractivity contribution < 1.29 is 9.53 Å². The Bertz CT molecular complexity index is 258. The summed E-state index contributed by atoms with van der Waals surface area (Å²) in [6.07, 6.45) is 4.53. The van der Waals surface area contributed by atoms with E-state index in [1.54, 1.807) is 0 Å². The molecule has 2 N–H and O–H groups in total. The molecule has 0 aromatic rings. The minimum absolute atomic E-state index is 0.185. The Morgan fingerprint density at radius 2 is 2.35 bits per heavy atom. The number of carbonyl (C=O) groups excluding carboxylic acids is 1. The number of nitrogens with one attached hydrogen (secondary N) is 2. The van der Waals surface area contributed by atoms with E-state index in [0.717, 1.165) is 51.6 Å². The molecule has 4 heteroatoms. The summed E-state index contributed by atoms with van der Waals surface area (Å²) in [4.78, 5) is 11.9. The van der Waals surface area contributed by atoms with E-state index in [1.807, 2.05) is 6.92 Å². The van der Waals surface area contributed by atoms with E-state index in [1.165, 1.54) is 12.8 Å². The van der Waals surface area contributed by atoms with Crippen LogP contribution >= 0.6 is 0 Å². The third-order valence-corrected chi connectivity index (χ3v) is 3.72. The lowest BCUT2D eigenvalue weighted by atomic mass is 9.89. The van der Waals surface area contributed by atoms with Gasteiger partial charge in [-0.25, -0.2) is 0 Å². The van der Waals surface area contributed by atoms with Crippen LogP contribution in [0.3, 0.4) is 0 Å². The van der Waals surface area contributed by atoms with Crippen LogP contribution in [0.4, 0.5) is 0 Å². The van der Waals surface area contributed by atoms with Gasteiger partial charge < -0.3 is 15.4 Å². The number of ether oxygens (including phenoxy) is 1. The molecule has 2 fully saturated rings. The normalized spacial score (nSPS) is 28.3. The number of hydrogen-bond donors (Lipinski definition) is 2. The Morgan fingerprint density at radius 3 is 3.00 bits per heavy atom. The number of carbonyl (C=O) groups is 1. The molecule has 1 unspecified atom stereocenters. The molecule has 0 aromatic carbocycles. The lowest BCUT2D eigenvalue weighted by Crippen LogP contribution is -2.40. The fraction of sp³-hybridized carbons (Fsp3) is 0.923. The molecule has 1 amide bonds. The van der Waals surface area contributed by atoms with Crippen LogP contribution in [0, 0.1) is 11.3 Å². The average Bonchev–Trinajstić information content (AvgIpc) is 3.04. The van der Waals surface area contributed by atoms with Gasteiger partial charge in [-0.05, 0) is 45.1 Å². The minimum atomic E-state index is -0.200. The fourth-order valence-electron chi connectivity index (χ4n) is 2.13. The molecule has 1 aliphatic heterocycles. The van der Waals surface area contributed by atoms with Crippen molar-refractivity contribution >= 4 is 5.91 Å². The van der Waals surface area contributed by atoms with Crippen LogP contribution < -0.4 is 10.6 Å². The Labute approximate surface area is 103 Å². The first-order chi connectivity index (χ1) is 8.21. The molecule has 0 bridgehead atoms. The molecule has 0 spiro atoms. The largest absolute Gasteiger partial charge is 0.381 e. The Kier molecular flexibility index (Phi) is 4.40. The van der Waals surface area contributed by atoms with Gasteiger partial charge in [0.1, 0.15) is 0 Å². The van der Waals surface area contributed by atoms with Crippen molar-refractivity contribution in [1.82, 2.24) is 10.6 Å². The van der Waals surface area contributed by atoms with E-state index in [0.29, 0.717) is 0 Å². The molecule has 1 heterocycles. The Morgan fingerprint density at radius 1 is 1.53 bits per heavy atom. The molecule has 2 aliphatic rings. The molecule has 0 aromatic heterocycles. The molecule has 0 radical (unpaired) electrons. The summed E-state index contributed by atoms with van der Waals surface area (Å²) >= 11 is 0. The van der Waals surface area contributed by atoms with Crippen molar-refractivity contribution in [3.63, 3.8) is 0 Å². The van der Waals surface area contributed by atoms with Crippen LogP contribution in [-0.4, -0.2) is 38.8 Å². The summed E-state index contributed by atoms with van der Waals surface area (Å²) in [5, 5.41) is 6.25. The van der Waals surface area contributed by atoms with Gasteiger partial charge in [0.2, 0.25) is 5.91 Å². The molecular formula is C13H24N2O2. The van der Waals surface area contributed by atoms with E-state index >= 15 is 0 Å². The quantitative estimate of drug-likeness (QED) is 0.651. The molecule has 1 aliphatic carbocycles. The van der Waals surface area contributed by atoms with Gasteiger partial charge in [-0.3, -0.25) is 4.79 Å². The SMILES string of the molecule is CC1(C(=O)NCCCOCC2CC2)CCNC1. The summed E-state index contributed by atoms with van der Waals surface area (Å²) in [5.74, 6) is 1.01. The van der Waals surface area contributed by atoms with Gasteiger partial charge >= 0.3 is 0 Å². The van der Waals surface area contributed by atoms with Gasteiger partial charge in [0.05, 0.1) is 5.41 Å². The molecule has 1 saturated carbocycles. The molecule has 98 valence electrons. The Hall–Kier alpha value is -0.610. The van der Waals surface area contributed by atoms with E-state index in [2.05, 4.69) is 10.6 Å². The van der Waals surface area contributed by atoms with Crippen molar-refractivity contribution in [2.24, 2.45) is 11.3 Å². The average molecular weight is 240 g/mol. The highest BCUT2D eigenvalue weighted by molar-refractivity contribution is 5.82. The van der Waals surface area contributed by atoms with Crippen LogP contribution in [0.2, 0.25) is 0 Å². The van der Waals surface area contributed by atoms with E-state index < -0.39 is 0 Å². The molecular weight excluding hydrogens is 216 g/mol. The van der Waals surface area contributed by atoms with E-state index in [9.17, 15) is 4.79 Å². The van der Waals surface area contributed by atoms with Gasteiger partial charge in [-0.15, -0.1) is 0 Å². The van der Waals surface area contributed by atoms with Gasteiger partial charge in [-0.2, -0.15) is 0 Å². The summed E-state index contributed by atoms with van der Waals surface area (Å²) < 4.78 is 5.53. The second kappa shape index (κ2) is 5.83. The first-order valence-electron chi connectivity index (χ1n) is 6.77. The summed E-state index contributed by atoms with van der Waals surface area (Å²) in [7, 11) is 0. The second-order valence-electron chi connectivity index (χ2n) is 5.62. The van der Waals surface area contributed by atoms with Crippen LogP contribution in [0.25, 0.3) is 0 Å². The standard InChI is InChI=1S/C13H24N2O2/c1-13(5-7-14-10-13)12(16)15-6-2-8-17-9-11-3-4-11/h11,14H,2-10H2,1H3,(H,15,16). The van der Waals surface area contributed by atoms with Crippen LogP contribution in [0.15, 0.2) is 0 Å². The maximum absolute atomic E-state index is 11.9. The van der Waals surface area contributed by atoms with E-state index in [4.69, 9.17) is 4.74 Å². The first-order valence-corrected chi connectivity index (χ1v) is 6.77. The maximum Gasteiger partial charge on any atom is 0.227 e. The first kappa shape index (κ1) is 12.8. The number of hydrogen-bond acceptors (Lipinski definition) is 3. The van der Waals surface area contributed by atoms with Crippen LogP contribution in [0.1, 0.15) is 32.6 Å². The highest BCUT2D eigenvalue weighted by atomic mass is 16.5. The molecule has 2 rings (SSSR count). The highest BCUT2D eigenvalue weighted by Gasteiger charge is 2.35. The van der Waals surface area contributed by atoms with Crippen molar-refractivity contribution in [3.8, 4) is 0 Å². The monoisotopic (exact) mass is 240 g/mol. The number of amides is 1. The third-order valence-electron chi connectivity index (χ3n) is 3.72. The summed E-state index contributed by atoms with van der Waals surface area (Å²) in [6.45, 7) is 6.21. The molecule has 17 heavy (non-hydrogen) atoms. The summed E-state index contributed by atoms with van der Waals surface area (Å²) in [5.41, 5.74) is -0.200. The Balaban J connectivity index is 1.50. The van der Waals surface area contributed by atoms with Crippen molar-refractivity contribution in [2.75, 3.05) is 32.8 Å². The zero-order chi connectivity index (χ0) is 12.1. The number of rotatable bonds is 7. The second-order valence-corrected chi connectivity index (χ2v) is 5.62. The lowest BCUT2D eigenvalue weighted by Gasteiger charge is -2.21. The van der Waals surface area contributed by atoms with Gasteiger partial charge in [0.15, 0.2) is 0 Å². The van der Waals surface area contributed by atoms with Crippen molar-refractivity contribution in [2.45, 2.75) is 32.6 Å². The summed E-state index contributed by atoms with van der Waals surface area (Å²) in [6, 6.07) is 0. The zero-order valence-corrected chi connectivity index (χ0v) is 10.8. The predicted molar refractivity (Wildman–Crippen MR) is 66.8 cm³/mol. The van der Waals surface area contributed by atoms with Gasteiger partial charge in [-0.1, -0.05) is 0 Å². The lowest BCUT2D eigenvalue weighted by molar-refractivity contribution is -0.129. The highest BCUT2D eigenvalue weighted by Crippen LogP contribution is 2.28. The topological polar surface area (TPSA) is 50.4 Å². The minimum Gasteiger partial charge on any atom is -0.381 e. The maximum atomic E-state index is 11.9. The van der Waals surface area contributed by atoms with Crippen molar-refractivity contribution in [3.05, 3.63) is 0 Å².